The summed E-state index contributed by atoms with van der Waals surface area (Å²) in [5, 5.41) is 23.5. The van der Waals surface area contributed by atoms with Crippen molar-refractivity contribution in [2.45, 2.75) is 6.92 Å². The first-order valence-electron chi connectivity index (χ1n) is 7.26. The minimum atomic E-state index is -0.622. The summed E-state index contributed by atoms with van der Waals surface area (Å²) in [5.74, 6) is 0.0663. The zero-order chi connectivity index (χ0) is 17.4. The van der Waals surface area contributed by atoms with Crippen molar-refractivity contribution in [2.75, 3.05) is 5.43 Å². The first kappa shape index (κ1) is 14.8. The first-order chi connectivity index (χ1) is 12.1. The second-order valence-electron chi connectivity index (χ2n) is 5.31. The molecule has 4 rings (SSSR count). The Labute approximate surface area is 139 Å². The van der Waals surface area contributed by atoms with Crippen LogP contribution in [0, 0.1) is 17.0 Å². The molecule has 0 amide bonds. The Hall–Kier alpha value is -3.82. The van der Waals surface area contributed by atoms with Crippen molar-refractivity contribution in [3.05, 3.63) is 51.8 Å². The quantitative estimate of drug-likeness (QED) is 0.332. The van der Waals surface area contributed by atoms with Crippen molar-refractivity contribution in [1.29, 1.82) is 0 Å². The number of benzene rings is 1. The SMILES string of the molecule is Cc1ccc2[nH]c3nc(N/N=C/c4ccc([N+](=O)[O-])o4)nnc3c2c1. The average molecular weight is 337 g/mol. The maximum atomic E-state index is 10.5. The molecule has 0 fully saturated rings. The molecule has 0 bridgehead atoms. The highest BCUT2D eigenvalue weighted by atomic mass is 16.6. The molecule has 0 saturated carbocycles. The lowest BCUT2D eigenvalue weighted by atomic mass is 10.2. The largest absolute Gasteiger partial charge is 0.433 e. The lowest BCUT2D eigenvalue weighted by Gasteiger charge is -1.96. The minimum Gasteiger partial charge on any atom is -0.400 e. The fraction of sp³-hybridized carbons (Fsp3) is 0.0667. The first-order valence-corrected chi connectivity index (χ1v) is 7.26. The molecule has 0 atom stereocenters. The third kappa shape index (κ3) is 2.76. The van der Waals surface area contributed by atoms with Gasteiger partial charge in [-0.2, -0.15) is 10.1 Å². The van der Waals surface area contributed by atoms with Gasteiger partial charge in [0, 0.05) is 10.9 Å². The highest BCUT2D eigenvalue weighted by Gasteiger charge is 2.11. The maximum absolute atomic E-state index is 10.5. The Morgan fingerprint density at radius 3 is 3.00 bits per heavy atom. The van der Waals surface area contributed by atoms with E-state index in [0.29, 0.717) is 11.2 Å². The molecule has 0 aliphatic carbocycles. The fourth-order valence-electron chi connectivity index (χ4n) is 2.40. The Kier molecular flexibility index (Phi) is 3.35. The number of nitro groups is 1. The minimum absolute atomic E-state index is 0.188. The maximum Gasteiger partial charge on any atom is 0.433 e. The van der Waals surface area contributed by atoms with Gasteiger partial charge in [-0.3, -0.25) is 10.1 Å². The highest BCUT2D eigenvalue weighted by Crippen LogP contribution is 2.23. The molecule has 2 N–H and O–H groups in total. The van der Waals surface area contributed by atoms with Crippen molar-refractivity contribution >= 4 is 40.1 Å². The molecule has 0 aliphatic heterocycles. The Bertz CT molecular complexity index is 1130. The normalized spacial score (nSPS) is 11.6. The second kappa shape index (κ2) is 5.67. The molecule has 0 spiro atoms. The number of nitrogens with zero attached hydrogens (tertiary/aromatic N) is 5. The van der Waals surface area contributed by atoms with Crippen LogP contribution >= 0.6 is 0 Å². The van der Waals surface area contributed by atoms with E-state index in [1.165, 1.54) is 18.3 Å². The number of aromatic nitrogens is 4. The molecule has 124 valence electrons. The number of furan rings is 1. The molecular formula is C15H11N7O3. The summed E-state index contributed by atoms with van der Waals surface area (Å²) < 4.78 is 4.95. The van der Waals surface area contributed by atoms with E-state index in [0.717, 1.165) is 16.5 Å². The molecule has 0 radical (unpaired) electrons. The number of hydrogen-bond acceptors (Lipinski definition) is 8. The average Bonchev–Trinajstić information content (AvgIpc) is 3.19. The van der Waals surface area contributed by atoms with Crippen LogP contribution < -0.4 is 5.43 Å². The third-order valence-electron chi connectivity index (χ3n) is 3.52. The molecule has 1 aromatic carbocycles. The van der Waals surface area contributed by atoms with Crippen LogP contribution in [0.5, 0.6) is 0 Å². The summed E-state index contributed by atoms with van der Waals surface area (Å²) in [7, 11) is 0. The van der Waals surface area contributed by atoms with E-state index in [1.807, 2.05) is 25.1 Å². The van der Waals surface area contributed by atoms with Crippen LogP contribution in [0.2, 0.25) is 0 Å². The van der Waals surface area contributed by atoms with Gasteiger partial charge in [-0.15, -0.1) is 10.2 Å². The van der Waals surface area contributed by atoms with Crippen LogP contribution in [0.4, 0.5) is 11.8 Å². The van der Waals surface area contributed by atoms with Crippen LogP contribution in [0.15, 0.2) is 39.9 Å². The van der Waals surface area contributed by atoms with E-state index in [1.54, 1.807) is 0 Å². The molecule has 25 heavy (non-hydrogen) atoms. The number of fused-ring (bicyclic) bond motifs is 3. The van der Waals surface area contributed by atoms with Gasteiger partial charge in [0.15, 0.2) is 11.4 Å². The summed E-state index contributed by atoms with van der Waals surface area (Å²) in [5.41, 5.74) is 5.92. The smallest absolute Gasteiger partial charge is 0.400 e. The van der Waals surface area contributed by atoms with E-state index in [2.05, 4.69) is 30.7 Å². The lowest BCUT2D eigenvalue weighted by Crippen LogP contribution is -1.98. The number of aromatic amines is 1. The van der Waals surface area contributed by atoms with Crippen LogP contribution in [0.3, 0.4) is 0 Å². The number of hydrogen-bond donors (Lipinski definition) is 2. The number of nitrogens with one attached hydrogen (secondary N) is 2. The van der Waals surface area contributed by atoms with Gasteiger partial charge in [-0.25, -0.2) is 5.43 Å². The number of aryl methyl sites for hydroxylation is 1. The zero-order valence-electron chi connectivity index (χ0n) is 12.9. The van der Waals surface area contributed by atoms with Gasteiger partial charge < -0.3 is 9.40 Å². The predicted molar refractivity (Wildman–Crippen MR) is 90.5 cm³/mol. The van der Waals surface area contributed by atoms with Crippen molar-refractivity contribution in [3.8, 4) is 0 Å². The molecule has 4 aromatic rings. The summed E-state index contributed by atoms with van der Waals surface area (Å²) >= 11 is 0. The monoisotopic (exact) mass is 337 g/mol. The molecule has 3 heterocycles. The van der Waals surface area contributed by atoms with Crippen molar-refractivity contribution in [2.24, 2.45) is 5.10 Å². The van der Waals surface area contributed by atoms with E-state index in [9.17, 15) is 10.1 Å². The molecule has 10 nitrogen and oxygen atoms in total. The van der Waals surface area contributed by atoms with Crippen molar-refractivity contribution in [3.63, 3.8) is 0 Å². The molecule has 0 saturated heterocycles. The highest BCUT2D eigenvalue weighted by molar-refractivity contribution is 6.03. The van der Waals surface area contributed by atoms with E-state index < -0.39 is 4.92 Å². The van der Waals surface area contributed by atoms with Gasteiger partial charge in [0.05, 0.1) is 12.3 Å². The van der Waals surface area contributed by atoms with Crippen molar-refractivity contribution < 1.29 is 9.34 Å². The topological polar surface area (TPSA) is 135 Å². The summed E-state index contributed by atoms with van der Waals surface area (Å²) in [4.78, 5) is 17.4. The number of hydrazone groups is 1. The molecule has 0 unspecified atom stereocenters. The van der Waals surface area contributed by atoms with Gasteiger partial charge in [0.2, 0.25) is 0 Å². The molecule has 0 aliphatic rings. The number of H-pyrrole nitrogens is 1. The van der Waals surface area contributed by atoms with E-state index in [-0.39, 0.29) is 17.6 Å². The molecular weight excluding hydrogens is 326 g/mol. The fourth-order valence-corrected chi connectivity index (χ4v) is 2.40. The van der Waals surface area contributed by atoms with Crippen LogP contribution in [-0.2, 0) is 0 Å². The lowest BCUT2D eigenvalue weighted by molar-refractivity contribution is -0.402. The van der Waals surface area contributed by atoms with Crippen LogP contribution in [-0.4, -0.2) is 31.3 Å². The zero-order valence-corrected chi connectivity index (χ0v) is 12.9. The van der Waals surface area contributed by atoms with E-state index in [4.69, 9.17) is 4.42 Å². The summed E-state index contributed by atoms with van der Waals surface area (Å²) in [6, 6.07) is 8.66. The Morgan fingerprint density at radius 1 is 1.32 bits per heavy atom. The molecule has 10 heteroatoms. The van der Waals surface area contributed by atoms with Gasteiger partial charge in [-0.1, -0.05) is 11.6 Å². The van der Waals surface area contributed by atoms with Crippen LogP contribution in [0.25, 0.3) is 22.1 Å². The number of anilines is 1. The second-order valence-corrected chi connectivity index (χ2v) is 5.31. The van der Waals surface area contributed by atoms with Gasteiger partial charge >= 0.3 is 5.88 Å². The molecule has 3 aromatic heterocycles. The summed E-state index contributed by atoms with van der Waals surface area (Å²) in [6.45, 7) is 2.00. The van der Waals surface area contributed by atoms with Crippen LogP contribution in [0.1, 0.15) is 11.3 Å². The van der Waals surface area contributed by atoms with Crippen molar-refractivity contribution in [1.82, 2.24) is 20.2 Å². The van der Waals surface area contributed by atoms with Gasteiger partial charge in [0.25, 0.3) is 5.95 Å². The Morgan fingerprint density at radius 2 is 2.20 bits per heavy atom. The summed E-state index contributed by atoms with van der Waals surface area (Å²) in [6.07, 6.45) is 1.29. The third-order valence-corrected chi connectivity index (χ3v) is 3.52. The Balaban J connectivity index is 1.58. The van der Waals surface area contributed by atoms with E-state index >= 15 is 0 Å². The van der Waals surface area contributed by atoms with Gasteiger partial charge in [0.1, 0.15) is 10.4 Å². The van der Waals surface area contributed by atoms with Gasteiger partial charge in [-0.05, 0) is 25.1 Å². The number of rotatable bonds is 4. The standard InChI is InChI=1S/C15H11N7O3/c1-8-2-4-11-10(6-8)13-14(17-11)18-15(21-19-13)20-16-7-9-3-5-12(25-9)22(23)24/h2-7H,1H3,(H2,17,18,20,21)/b16-7+. The predicted octanol–water partition coefficient (Wildman–Crippen LogP) is 2.76.